The summed E-state index contributed by atoms with van der Waals surface area (Å²) in [5.74, 6) is 0.652. The molecular formula is C20H22BrN5OS. The van der Waals surface area contributed by atoms with Crippen LogP contribution in [-0.2, 0) is 4.79 Å². The summed E-state index contributed by atoms with van der Waals surface area (Å²) in [6.07, 6.45) is 5.76. The molecule has 1 fully saturated rings. The number of halogens is 1. The van der Waals surface area contributed by atoms with E-state index >= 15 is 0 Å². The van der Waals surface area contributed by atoms with Crippen molar-refractivity contribution in [3.05, 3.63) is 40.0 Å². The van der Waals surface area contributed by atoms with Gasteiger partial charge in [-0.15, -0.1) is 10.2 Å². The lowest BCUT2D eigenvalue weighted by molar-refractivity contribution is -0.112. The molecule has 0 amide bonds. The molecule has 0 radical (unpaired) electrons. The maximum atomic E-state index is 12.3. The Morgan fingerprint density at radius 1 is 1.29 bits per heavy atom. The Hall–Kier alpha value is -2.11. The number of allylic oxidation sites excluding steroid dienone is 2. The molecule has 3 rings (SSSR count). The van der Waals surface area contributed by atoms with Crippen LogP contribution < -0.4 is 5.73 Å². The number of Topliss-reactive ketones (excluding diaryl/α,β-unsaturated/α-hetero) is 1. The van der Waals surface area contributed by atoms with Crippen molar-refractivity contribution < 1.29 is 4.79 Å². The summed E-state index contributed by atoms with van der Waals surface area (Å²) >= 11 is 4.78. The van der Waals surface area contributed by atoms with Gasteiger partial charge in [0.05, 0.1) is 5.75 Å². The molecule has 0 aliphatic heterocycles. The van der Waals surface area contributed by atoms with Gasteiger partial charge < -0.3 is 5.73 Å². The standard InChI is InChI=1S/C20H22BrN5OS/c1-13(23)17(11-22)18(27)12-28-20-25-24-19(14-7-9-15(21)10-8-14)26(20)16-5-3-2-4-6-16/h7-10,16H,2-6,12,23H2,1H3. The van der Waals surface area contributed by atoms with E-state index in [1.54, 1.807) is 6.92 Å². The van der Waals surface area contributed by atoms with Gasteiger partial charge in [-0.1, -0.05) is 59.1 Å². The molecule has 0 atom stereocenters. The van der Waals surface area contributed by atoms with E-state index in [0.29, 0.717) is 11.2 Å². The summed E-state index contributed by atoms with van der Waals surface area (Å²) in [5, 5.41) is 18.7. The number of carbonyl (C=O) groups is 1. The Bertz CT molecular complexity index is 919. The van der Waals surface area contributed by atoms with Gasteiger partial charge in [0, 0.05) is 21.8 Å². The molecule has 6 nitrogen and oxygen atoms in total. The second-order valence-electron chi connectivity index (χ2n) is 6.86. The Kier molecular flexibility index (Phi) is 6.92. The lowest BCUT2D eigenvalue weighted by atomic mass is 9.95. The van der Waals surface area contributed by atoms with Crippen LogP contribution in [0.25, 0.3) is 11.4 Å². The Morgan fingerprint density at radius 3 is 2.57 bits per heavy atom. The number of carbonyl (C=O) groups excluding carboxylic acids is 1. The van der Waals surface area contributed by atoms with Gasteiger partial charge in [0.25, 0.3) is 0 Å². The van der Waals surface area contributed by atoms with Crippen molar-refractivity contribution in [1.29, 1.82) is 5.26 Å². The number of nitrogens with zero attached hydrogens (tertiary/aromatic N) is 4. The van der Waals surface area contributed by atoms with Crippen molar-refractivity contribution in [2.75, 3.05) is 5.75 Å². The molecule has 28 heavy (non-hydrogen) atoms. The number of nitriles is 1. The lowest BCUT2D eigenvalue weighted by Crippen LogP contribution is -2.16. The Labute approximate surface area is 177 Å². The first-order valence-corrected chi connectivity index (χ1v) is 11.0. The van der Waals surface area contributed by atoms with E-state index in [1.807, 2.05) is 30.3 Å². The van der Waals surface area contributed by atoms with E-state index in [0.717, 1.165) is 28.7 Å². The van der Waals surface area contributed by atoms with Gasteiger partial charge in [-0.05, 0) is 31.9 Å². The zero-order valence-corrected chi connectivity index (χ0v) is 18.1. The van der Waals surface area contributed by atoms with E-state index in [4.69, 9.17) is 11.0 Å². The predicted octanol–water partition coefficient (Wildman–Crippen LogP) is 4.63. The smallest absolute Gasteiger partial charge is 0.192 e. The molecule has 0 unspecified atom stereocenters. The molecular weight excluding hydrogens is 438 g/mol. The fourth-order valence-electron chi connectivity index (χ4n) is 3.41. The highest BCUT2D eigenvalue weighted by Gasteiger charge is 2.24. The van der Waals surface area contributed by atoms with E-state index < -0.39 is 0 Å². The third-order valence-electron chi connectivity index (χ3n) is 4.82. The third kappa shape index (κ3) is 4.65. The largest absolute Gasteiger partial charge is 0.401 e. The van der Waals surface area contributed by atoms with Crippen LogP contribution in [0.3, 0.4) is 0 Å². The molecule has 2 N–H and O–H groups in total. The van der Waals surface area contributed by atoms with Crippen LogP contribution in [0.4, 0.5) is 0 Å². The van der Waals surface area contributed by atoms with Crippen LogP contribution in [-0.4, -0.2) is 26.3 Å². The van der Waals surface area contributed by atoms with Crippen molar-refractivity contribution in [2.45, 2.75) is 50.2 Å². The number of rotatable bonds is 6. The van der Waals surface area contributed by atoms with E-state index in [1.165, 1.54) is 31.0 Å². The quantitative estimate of drug-likeness (QED) is 0.384. The number of aromatic nitrogens is 3. The number of ketones is 1. The number of nitrogens with two attached hydrogens (primary N) is 1. The molecule has 1 saturated carbocycles. The fourth-order valence-corrected chi connectivity index (χ4v) is 4.55. The maximum absolute atomic E-state index is 12.3. The van der Waals surface area contributed by atoms with Crippen molar-refractivity contribution in [2.24, 2.45) is 5.73 Å². The second-order valence-corrected chi connectivity index (χ2v) is 8.71. The molecule has 0 spiro atoms. The van der Waals surface area contributed by atoms with Gasteiger partial charge in [-0.3, -0.25) is 9.36 Å². The lowest BCUT2D eigenvalue weighted by Gasteiger charge is -2.25. The van der Waals surface area contributed by atoms with Crippen LogP contribution >= 0.6 is 27.7 Å². The zero-order chi connectivity index (χ0) is 20.1. The fraction of sp³-hybridized carbons (Fsp3) is 0.400. The number of benzene rings is 1. The summed E-state index contributed by atoms with van der Waals surface area (Å²) in [7, 11) is 0. The SMILES string of the molecule is CC(N)=C(C#N)C(=O)CSc1nnc(-c2ccc(Br)cc2)n1C1CCCCC1. The van der Waals surface area contributed by atoms with Crippen LogP contribution in [0.2, 0.25) is 0 Å². The highest BCUT2D eigenvalue weighted by molar-refractivity contribution is 9.10. The molecule has 1 aromatic heterocycles. The zero-order valence-electron chi connectivity index (χ0n) is 15.7. The molecule has 1 heterocycles. The molecule has 0 bridgehead atoms. The van der Waals surface area contributed by atoms with Crippen LogP contribution in [0.1, 0.15) is 45.1 Å². The molecule has 2 aromatic rings. The summed E-state index contributed by atoms with van der Waals surface area (Å²) in [6, 6.07) is 10.2. The minimum atomic E-state index is -0.282. The maximum Gasteiger partial charge on any atom is 0.192 e. The van der Waals surface area contributed by atoms with Crippen LogP contribution in [0, 0.1) is 11.3 Å². The molecule has 8 heteroatoms. The summed E-state index contributed by atoms with van der Waals surface area (Å²) < 4.78 is 3.18. The highest BCUT2D eigenvalue weighted by Crippen LogP contribution is 2.36. The van der Waals surface area contributed by atoms with Gasteiger partial charge >= 0.3 is 0 Å². The minimum absolute atomic E-state index is 0.0179. The summed E-state index contributed by atoms with van der Waals surface area (Å²) in [6.45, 7) is 1.57. The van der Waals surface area contributed by atoms with Crippen molar-refractivity contribution in [3.8, 4) is 17.5 Å². The van der Waals surface area contributed by atoms with Crippen molar-refractivity contribution in [3.63, 3.8) is 0 Å². The normalized spacial score (nSPS) is 15.8. The van der Waals surface area contributed by atoms with E-state index in [-0.39, 0.29) is 22.8 Å². The van der Waals surface area contributed by atoms with Gasteiger partial charge in [-0.2, -0.15) is 5.26 Å². The molecule has 1 aliphatic rings. The first-order chi connectivity index (χ1) is 13.5. The number of thioether (sulfide) groups is 1. The van der Waals surface area contributed by atoms with Crippen LogP contribution in [0.15, 0.2) is 45.2 Å². The molecule has 0 saturated heterocycles. The highest BCUT2D eigenvalue weighted by atomic mass is 79.9. The third-order valence-corrected chi connectivity index (χ3v) is 6.30. The molecule has 1 aliphatic carbocycles. The Balaban J connectivity index is 1.90. The van der Waals surface area contributed by atoms with Gasteiger partial charge in [0.15, 0.2) is 16.8 Å². The molecule has 146 valence electrons. The first kappa shape index (κ1) is 20.6. The second kappa shape index (κ2) is 9.39. The average Bonchev–Trinajstić information content (AvgIpc) is 3.12. The van der Waals surface area contributed by atoms with Crippen molar-refractivity contribution >= 4 is 33.5 Å². The van der Waals surface area contributed by atoms with Crippen LogP contribution in [0.5, 0.6) is 0 Å². The van der Waals surface area contributed by atoms with Gasteiger partial charge in [0.1, 0.15) is 11.6 Å². The number of hydrogen-bond donors (Lipinski definition) is 1. The predicted molar refractivity (Wildman–Crippen MR) is 114 cm³/mol. The number of hydrogen-bond acceptors (Lipinski definition) is 6. The Morgan fingerprint density at radius 2 is 1.96 bits per heavy atom. The summed E-state index contributed by atoms with van der Waals surface area (Å²) in [5.41, 5.74) is 6.91. The van der Waals surface area contributed by atoms with Gasteiger partial charge in [-0.25, -0.2) is 0 Å². The van der Waals surface area contributed by atoms with Gasteiger partial charge in [0.2, 0.25) is 0 Å². The summed E-state index contributed by atoms with van der Waals surface area (Å²) in [4.78, 5) is 12.3. The molecule has 1 aromatic carbocycles. The van der Waals surface area contributed by atoms with Crippen molar-refractivity contribution in [1.82, 2.24) is 14.8 Å². The van der Waals surface area contributed by atoms with E-state index in [2.05, 4.69) is 30.7 Å². The first-order valence-electron chi connectivity index (χ1n) is 9.24. The topological polar surface area (TPSA) is 97.6 Å². The minimum Gasteiger partial charge on any atom is -0.401 e. The monoisotopic (exact) mass is 459 g/mol. The van der Waals surface area contributed by atoms with E-state index in [9.17, 15) is 4.79 Å². The average molecular weight is 460 g/mol.